The third-order valence-electron chi connectivity index (χ3n) is 6.09. The number of fused-ring (bicyclic) bond motifs is 1. The normalized spacial score (nSPS) is 10.9. The summed E-state index contributed by atoms with van der Waals surface area (Å²) in [5.41, 5.74) is 14.3. The van der Waals surface area contributed by atoms with Crippen molar-refractivity contribution in [2.24, 2.45) is 0 Å². The molecule has 0 unspecified atom stereocenters. The van der Waals surface area contributed by atoms with E-state index in [1.807, 2.05) is 26.2 Å². The van der Waals surface area contributed by atoms with Crippen LogP contribution < -0.4 is 15.4 Å². The van der Waals surface area contributed by atoms with Crippen LogP contribution in [-0.2, 0) is 6.42 Å². The van der Waals surface area contributed by atoms with Gasteiger partial charge in [0.2, 0.25) is 0 Å². The van der Waals surface area contributed by atoms with Crippen molar-refractivity contribution < 1.29 is 4.74 Å². The van der Waals surface area contributed by atoms with Gasteiger partial charge < -0.3 is 15.4 Å². The lowest BCUT2D eigenvalue weighted by molar-refractivity contribution is 0.414. The first-order valence-corrected chi connectivity index (χ1v) is 11.4. The van der Waals surface area contributed by atoms with Crippen LogP contribution in [0.5, 0.6) is 5.75 Å². The van der Waals surface area contributed by atoms with Gasteiger partial charge >= 0.3 is 0 Å². The lowest BCUT2D eigenvalue weighted by Crippen LogP contribution is -2.08. The van der Waals surface area contributed by atoms with Gasteiger partial charge in [-0.2, -0.15) is 0 Å². The van der Waals surface area contributed by atoms with E-state index in [0.29, 0.717) is 11.5 Å². The molecule has 0 aliphatic rings. The highest BCUT2D eigenvalue weighted by Crippen LogP contribution is 2.34. The third kappa shape index (κ3) is 4.64. The van der Waals surface area contributed by atoms with E-state index in [-0.39, 0.29) is 0 Å². The molecule has 0 aliphatic heterocycles. The van der Waals surface area contributed by atoms with Gasteiger partial charge in [0.05, 0.1) is 18.2 Å². The Morgan fingerprint density at radius 1 is 0.829 bits per heavy atom. The summed E-state index contributed by atoms with van der Waals surface area (Å²) in [7, 11) is 5.74. The zero-order valence-electron chi connectivity index (χ0n) is 20.1. The van der Waals surface area contributed by atoms with Crippen LogP contribution in [0.2, 0.25) is 0 Å². The molecule has 35 heavy (non-hydrogen) atoms. The molecule has 6 nitrogen and oxygen atoms in total. The maximum absolute atomic E-state index is 6.32. The van der Waals surface area contributed by atoms with Gasteiger partial charge in [-0.3, -0.25) is 0 Å². The van der Waals surface area contributed by atoms with Gasteiger partial charge in [-0.05, 0) is 59.0 Å². The molecule has 6 heteroatoms. The Hall–Kier alpha value is -4.45. The molecule has 0 saturated carbocycles. The third-order valence-corrected chi connectivity index (χ3v) is 6.09. The molecule has 2 aromatic heterocycles. The van der Waals surface area contributed by atoms with Gasteiger partial charge in [0.25, 0.3) is 0 Å². The van der Waals surface area contributed by atoms with Crippen molar-refractivity contribution in [2.45, 2.75) is 6.42 Å². The highest BCUT2D eigenvalue weighted by atomic mass is 16.5. The predicted octanol–water partition coefficient (Wildman–Crippen LogP) is 5.61. The Morgan fingerprint density at radius 3 is 2.31 bits per heavy atom. The van der Waals surface area contributed by atoms with E-state index in [2.05, 4.69) is 81.6 Å². The van der Waals surface area contributed by atoms with Crippen LogP contribution >= 0.6 is 0 Å². The topological polar surface area (TPSA) is 77.2 Å². The van der Waals surface area contributed by atoms with Crippen molar-refractivity contribution in [2.75, 3.05) is 31.8 Å². The Bertz CT molecular complexity index is 1500. The smallest absolute Gasteiger partial charge is 0.165 e. The second-order valence-corrected chi connectivity index (χ2v) is 8.68. The summed E-state index contributed by atoms with van der Waals surface area (Å²) in [4.78, 5) is 15.6. The van der Waals surface area contributed by atoms with Crippen LogP contribution in [0.3, 0.4) is 0 Å². The summed E-state index contributed by atoms with van der Waals surface area (Å²) < 4.78 is 5.39. The molecule has 174 valence electrons. The molecule has 2 heterocycles. The zero-order chi connectivity index (χ0) is 24.4. The molecule has 0 spiro atoms. The molecule has 0 bridgehead atoms. The fourth-order valence-corrected chi connectivity index (χ4v) is 4.26. The minimum Gasteiger partial charge on any atom is -0.497 e. The first-order valence-electron chi connectivity index (χ1n) is 11.4. The van der Waals surface area contributed by atoms with Crippen LogP contribution in [-0.4, -0.2) is 36.2 Å². The second-order valence-electron chi connectivity index (χ2n) is 8.68. The van der Waals surface area contributed by atoms with Gasteiger partial charge in [-0.25, -0.2) is 15.0 Å². The number of benzene rings is 3. The molecule has 2 N–H and O–H groups in total. The van der Waals surface area contributed by atoms with Gasteiger partial charge in [0.15, 0.2) is 5.65 Å². The van der Waals surface area contributed by atoms with Crippen molar-refractivity contribution in [3.8, 4) is 28.1 Å². The average molecular weight is 462 g/mol. The first-order chi connectivity index (χ1) is 17.0. The summed E-state index contributed by atoms with van der Waals surface area (Å²) in [6.45, 7) is 0. The van der Waals surface area contributed by atoms with Crippen molar-refractivity contribution in [1.82, 2.24) is 15.0 Å². The zero-order valence-corrected chi connectivity index (χ0v) is 20.1. The van der Waals surface area contributed by atoms with Crippen molar-refractivity contribution in [3.05, 3.63) is 96.3 Å². The molecule has 0 aliphatic carbocycles. The van der Waals surface area contributed by atoms with E-state index in [1.54, 1.807) is 7.11 Å². The fourth-order valence-electron chi connectivity index (χ4n) is 4.26. The standard InChI is InChI=1S/C29H27N5O/c1-34(2)23-12-10-21(11-13-23)26-17-25(27-28(30)31-18-32-29(27)33-26)22-8-4-6-19(15-22)14-20-7-5-9-24(16-20)35-3/h4-13,15-18H,14H2,1-3H3,(H2,30,31,32,33). The van der Waals surface area contributed by atoms with Gasteiger partial charge in [0, 0.05) is 25.3 Å². The van der Waals surface area contributed by atoms with E-state index >= 15 is 0 Å². The summed E-state index contributed by atoms with van der Waals surface area (Å²) >= 11 is 0. The SMILES string of the molecule is COc1cccc(Cc2cccc(-c3cc(-c4ccc(N(C)C)cc4)nc4ncnc(N)c34)c2)c1. The van der Waals surface area contributed by atoms with Gasteiger partial charge in [0.1, 0.15) is 17.9 Å². The number of nitrogens with two attached hydrogens (primary N) is 1. The second kappa shape index (κ2) is 9.43. The number of hydrogen-bond donors (Lipinski definition) is 1. The molecular weight excluding hydrogens is 434 g/mol. The molecule has 5 rings (SSSR count). The summed E-state index contributed by atoms with van der Waals surface area (Å²) in [6, 6.07) is 27.1. The summed E-state index contributed by atoms with van der Waals surface area (Å²) in [5, 5.41) is 0.764. The number of hydrogen-bond acceptors (Lipinski definition) is 6. The molecule has 5 aromatic rings. The molecule has 3 aromatic carbocycles. The van der Waals surface area contributed by atoms with E-state index in [9.17, 15) is 0 Å². The number of anilines is 2. The van der Waals surface area contributed by atoms with Crippen molar-refractivity contribution >= 4 is 22.5 Å². The van der Waals surface area contributed by atoms with Crippen LogP contribution in [0.15, 0.2) is 85.2 Å². The van der Waals surface area contributed by atoms with Crippen LogP contribution in [0.25, 0.3) is 33.4 Å². The molecular formula is C29H27N5O. The lowest BCUT2D eigenvalue weighted by atomic mass is 9.96. The van der Waals surface area contributed by atoms with E-state index in [0.717, 1.165) is 45.6 Å². The Morgan fingerprint density at radius 2 is 1.57 bits per heavy atom. The highest BCUT2D eigenvalue weighted by Gasteiger charge is 2.14. The van der Waals surface area contributed by atoms with Crippen LogP contribution in [0.1, 0.15) is 11.1 Å². The minimum atomic E-state index is 0.421. The predicted molar refractivity (Wildman–Crippen MR) is 143 cm³/mol. The molecule has 0 fully saturated rings. The number of ether oxygens (including phenoxy) is 1. The Balaban J connectivity index is 1.60. The van der Waals surface area contributed by atoms with E-state index in [1.165, 1.54) is 17.5 Å². The Kier molecular flexibility index (Phi) is 6.02. The number of nitrogens with zero attached hydrogens (tertiary/aromatic N) is 4. The summed E-state index contributed by atoms with van der Waals surface area (Å²) in [5.74, 6) is 1.28. The highest BCUT2D eigenvalue weighted by molar-refractivity contribution is 6.01. The largest absolute Gasteiger partial charge is 0.497 e. The number of nitrogen functional groups attached to an aromatic ring is 1. The number of methoxy groups -OCH3 is 1. The van der Waals surface area contributed by atoms with E-state index in [4.69, 9.17) is 15.5 Å². The monoisotopic (exact) mass is 461 g/mol. The molecule has 0 amide bonds. The minimum absolute atomic E-state index is 0.421. The van der Waals surface area contributed by atoms with Crippen molar-refractivity contribution in [1.29, 1.82) is 0 Å². The van der Waals surface area contributed by atoms with E-state index < -0.39 is 0 Å². The number of aromatic nitrogens is 3. The number of pyridine rings is 1. The van der Waals surface area contributed by atoms with Crippen LogP contribution in [0.4, 0.5) is 11.5 Å². The van der Waals surface area contributed by atoms with Crippen LogP contribution in [0, 0.1) is 0 Å². The average Bonchev–Trinajstić information content (AvgIpc) is 2.88. The Labute approximate surface area is 205 Å². The number of rotatable bonds is 6. The maximum Gasteiger partial charge on any atom is 0.165 e. The molecule has 0 saturated heterocycles. The van der Waals surface area contributed by atoms with Gasteiger partial charge in [-0.15, -0.1) is 0 Å². The quantitative estimate of drug-likeness (QED) is 0.354. The van der Waals surface area contributed by atoms with Gasteiger partial charge in [-0.1, -0.05) is 48.5 Å². The molecule has 0 atom stereocenters. The first kappa shape index (κ1) is 22.3. The lowest BCUT2D eigenvalue weighted by Gasteiger charge is -2.14. The fraction of sp³-hybridized carbons (Fsp3) is 0.138. The van der Waals surface area contributed by atoms with Crippen molar-refractivity contribution in [3.63, 3.8) is 0 Å². The molecule has 0 radical (unpaired) electrons. The summed E-state index contributed by atoms with van der Waals surface area (Å²) in [6.07, 6.45) is 2.26. The maximum atomic E-state index is 6.32.